The second-order valence-corrected chi connectivity index (χ2v) is 5.23. The molecule has 0 heterocycles. The number of hydrogen-bond acceptors (Lipinski definition) is 3. The maximum absolute atomic E-state index is 12.1. The summed E-state index contributed by atoms with van der Waals surface area (Å²) in [5, 5.41) is 5.43. The molecule has 102 valence electrons. The fraction of sp³-hybridized carbons (Fsp3) is 0.750. The minimum atomic E-state index is -0.728. The molecular formula is C12H21N3O2S. The van der Waals surface area contributed by atoms with Crippen LogP contribution in [0.5, 0.6) is 0 Å². The fourth-order valence-corrected chi connectivity index (χ4v) is 2.21. The third-order valence-corrected chi connectivity index (χ3v) is 3.79. The quantitative estimate of drug-likeness (QED) is 0.613. The van der Waals surface area contributed by atoms with E-state index >= 15 is 0 Å². The Morgan fingerprint density at radius 1 is 1.44 bits per heavy atom. The predicted molar refractivity (Wildman–Crippen MR) is 74.0 cm³/mol. The first kappa shape index (κ1) is 14.9. The summed E-state index contributed by atoms with van der Waals surface area (Å²) >= 11 is 4.96. The molecule has 0 spiro atoms. The Kier molecular flexibility index (Phi) is 5.07. The molecule has 0 radical (unpaired) electrons. The van der Waals surface area contributed by atoms with Crippen LogP contribution < -0.4 is 16.4 Å². The van der Waals surface area contributed by atoms with Crippen LogP contribution in [-0.4, -0.2) is 29.4 Å². The molecule has 5 nitrogen and oxygen atoms in total. The number of rotatable bonds is 6. The molecule has 4 N–H and O–H groups in total. The van der Waals surface area contributed by atoms with Crippen molar-refractivity contribution in [3.05, 3.63) is 0 Å². The molecule has 0 saturated heterocycles. The number of amides is 2. The van der Waals surface area contributed by atoms with Crippen LogP contribution in [0.25, 0.3) is 0 Å². The molecule has 1 atom stereocenters. The van der Waals surface area contributed by atoms with Gasteiger partial charge in [0, 0.05) is 6.54 Å². The van der Waals surface area contributed by atoms with E-state index in [1.165, 1.54) is 0 Å². The number of carbonyl (C=O) groups is 2. The Hall–Kier alpha value is -1.17. The van der Waals surface area contributed by atoms with E-state index in [-0.39, 0.29) is 16.8 Å². The standard InChI is InChI=1S/C12H21N3O2S/c1-3-7-14-9(16)8(2)15-11(17)12(10(13)18)5-4-6-12/h8H,3-7H2,1-2H3,(H2,13,18)(H,14,16)(H,15,17). The highest BCUT2D eigenvalue weighted by Crippen LogP contribution is 2.41. The van der Waals surface area contributed by atoms with Gasteiger partial charge < -0.3 is 16.4 Å². The lowest BCUT2D eigenvalue weighted by Gasteiger charge is -2.39. The van der Waals surface area contributed by atoms with Gasteiger partial charge in [-0.05, 0) is 26.2 Å². The lowest BCUT2D eigenvalue weighted by molar-refractivity contribution is -0.134. The molecule has 18 heavy (non-hydrogen) atoms. The van der Waals surface area contributed by atoms with Gasteiger partial charge in [-0.15, -0.1) is 0 Å². The van der Waals surface area contributed by atoms with Crippen molar-refractivity contribution in [3.8, 4) is 0 Å². The molecule has 1 saturated carbocycles. The third-order valence-electron chi connectivity index (χ3n) is 3.40. The lowest BCUT2D eigenvalue weighted by atomic mass is 9.68. The van der Waals surface area contributed by atoms with E-state index in [1.807, 2.05) is 6.92 Å². The number of nitrogens with two attached hydrogens (primary N) is 1. The van der Waals surface area contributed by atoms with E-state index in [9.17, 15) is 9.59 Å². The van der Waals surface area contributed by atoms with Crippen LogP contribution in [0.2, 0.25) is 0 Å². The van der Waals surface area contributed by atoms with Crippen LogP contribution in [0.4, 0.5) is 0 Å². The highest BCUT2D eigenvalue weighted by atomic mass is 32.1. The molecule has 0 aromatic rings. The summed E-state index contributed by atoms with van der Waals surface area (Å²) in [6, 6.07) is -0.559. The summed E-state index contributed by atoms with van der Waals surface area (Å²) in [5.41, 5.74) is 4.91. The van der Waals surface area contributed by atoms with Gasteiger partial charge in [0.25, 0.3) is 0 Å². The molecule has 6 heteroatoms. The summed E-state index contributed by atoms with van der Waals surface area (Å²) in [4.78, 5) is 24.0. The van der Waals surface area contributed by atoms with Gasteiger partial charge in [-0.2, -0.15) is 0 Å². The van der Waals surface area contributed by atoms with Crippen molar-refractivity contribution in [2.75, 3.05) is 6.54 Å². The summed E-state index contributed by atoms with van der Waals surface area (Å²) in [5.74, 6) is -0.400. The third kappa shape index (κ3) is 2.98. The average molecular weight is 271 g/mol. The van der Waals surface area contributed by atoms with Crippen molar-refractivity contribution >= 4 is 29.0 Å². The zero-order valence-corrected chi connectivity index (χ0v) is 11.7. The Balaban J connectivity index is 2.53. The van der Waals surface area contributed by atoms with E-state index in [1.54, 1.807) is 6.92 Å². The number of thiocarbonyl (C=S) groups is 1. The number of carbonyl (C=O) groups excluding carboxylic acids is 2. The second kappa shape index (κ2) is 6.13. The van der Waals surface area contributed by atoms with Crippen LogP contribution >= 0.6 is 12.2 Å². The maximum Gasteiger partial charge on any atom is 0.242 e. The zero-order valence-electron chi connectivity index (χ0n) is 10.9. The smallest absolute Gasteiger partial charge is 0.242 e. The predicted octanol–water partition coefficient (Wildman–Crippen LogP) is 0.474. The van der Waals surface area contributed by atoms with E-state index in [0.717, 1.165) is 12.8 Å². The van der Waals surface area contributed by atoms with Gasteiger partial charge in [-0.3, -0.25) is 9.59 Å². The Morgan fingerprint density at radius 3 is 2.44 bits per heavy atom. The van der Waals surface area contributed by atoms with E-state index in [4.69, 9.17) is 18.0 Å². The first-order valence-corrected chi connectivity index (χ1v) is 6.73. The van der Waals surface area contributed by atoms with Gasteiger partial charge in [0.05, 0.1) is 10.4 Å². The van der Waals surface area contributed by atoms with Crippen LogP contribution in [-0.2, 0) is 9.59 Å². The highest BCUT2D eigenvalue weighted by molar-refractivity contribution is 7.80. The molecule has 2 amide bonds. The van der Waals surface area contributed by atoms with Crippen LogP contribution in [0.3, 0.4) is 0 Å². The largest absolute Gasteiger partial charge is 0.392 e. The van der Waals surface area contributed by atoms with Crippen LogP contribution in [0.1, 0.15) is 39.5 Å². The first-order chi connectivity index (χ1) is 8.44. The highest BCUT2D eigenvalue weighted by Gasteiger charge is 2.47. The minimum Gasteiger partial charge on any atom is -0.392 e. The molecule has 1 fully saturated rings. The van der Waals surface area contributed by atoms with Crippen LogP contribution in [0.15, 0.2) is 0 Å². The molecule has 1 aliphatic carbocycles. The van der Waals surface area contributed by atoms with Crippen molar-refractivity contribution in [2.45, 2.75) is 45.6 Å². The molecular weight excluding hydrogens is 250 g/mol. The first-order valence-electron chi connectivity index (χ1n) is 6.32. The Labute approximate surface area is 113 Å². The van der Waals surface area contributed by atoms with Gasteiger partial charge in [-0.1, -0.05) is 25.6 Å². The summed E-state index contributed by atoms with van der Waals surface area (Å²) in [6.45, 7) is 4.24. The topological polar surface area (TPSA) is 84.2 Å². The van der Waals surface area contributed by atoms with Gasteiger partial charge in [0.1, 0.15) is 6.04 Å². The molecule has 1 unspecified atom stereocenters. The van der Waals surface area contributed by atoms with E-state index < -0.39 is 11.5 Å². The maximum atomic E-state index is 12.1. The van der Waals surface area contributed by atoms with Crippen molar-refractivity contribution < 1.29 is 9.59 Å². The van der Waals surface area contributed by atoms with E-state index in [0.29, 0.717) is 19.4 Å². The van der Waals surface area contributed by atoms with Crippen molar-refractivity contribution in [3.63, 3.8) is 0 Å². The van der Waals surface area contributed by atoms with Crippen molar-refractivity contribution in [2.24, 2.45) is 11.1 Å². The van der Waals surface area contributed by atoms with Crippen molar-refractivity contribution in [1.82, 2.24) is 10.6 Å². The molecule has 0 bridgehead atoms. The van der Waals surface area contributed by atoms with Gasteiger partial charge in [0.2, 0.25) is 11.8 Å². The van der Waals surface area contributed by atoms with E-state index in [2.05, 4.69) is 10.6 Å². The van der Waals surface area contributed by atoms with Gasteiger partial charge >= 0.3 is 0 Å². The zero-order chi connectivity index (χ0) is 13.8. The number of nitrogens with one attached hydrogen (secondary N) is 2. The Bertz CT molecular complexity index is 353. The molecule has 1 aliphatic rings. The summed E-state index contributed by atoms with van der Waals surface area (Å²) in [7, 11) is 0. The molecule has 0 aliphatic heterocycles. The monoisotopic (exact) mass is 271 g/mol. The lowest BCUT2D eigenvalue weighted by Crippen LogP contribution is -2.57. The molecule has 0 aromatic carbocycles. The van der Waals surface area contributed by atoms with Crippen LogP contribution in [0, 0.1) is 5.41 Å². The fourth-order valence-electron chi connectivity index (χ4n) is 1.92. The number of hydrogen-bond donors (Lipinski definition) is 3. The second-order valence-electron chi connectivity index (χ2n) is 4.79. The van der Waals surface area contributed by atoms with Crippen molar-refractivity contribution in [1.29, 1.82) is 0 Å². The molecule has 0 aromatic heterocycles. The SMILES string of the molecule is CCCNC(=O)C(C)NC(=O)C1(C(N)=S)CCC1. The summed E-state index contributed by atoms with van der Waals surface area (Å²) < 4.78 is 0. The normalized spacial score (nSPS) is 18.3. The minimum absolute atomic E-state index is 0.178. The Morgan fingerprint density at radius 2 is 2.06 bits per heavy atom. The molecule has 1 rings (SSSR count). The summed E-state index contributed by atoms with van der Waals surface area (Å²) in [6.07, 6.45) is 3.17. The average Bonchev–Trinajstić information content (AvgIpc) is 2.23. The van der Waals surface area contributed by atoms with Gasteiger partial charge in [-0.25, -0.2) is 0 Å². The van der Waals surface area contributed by atoms with Gasteiger partial charge in [0.15, 0.2) is 0 Å².